The van der Waals surface area contributed by atoms with Crippen LogP contribution >= 0.6 is 11.3 Å². The molecule has 0 bridgehead atoms. The smallest absolute Gasteiger partial charge is 0.183 e. The monoisotopic (exact) mass is 184 g/mol. The fourth-order valence-electron chi connectivity index (χ4n) is 0.851. The molecule has 0 fully saturated rings. The number of nitrogens with zero attached hydrogens (tertiary/aromatic N) is 1. The molecule has 1 atom stereocenters. The molecule has 0 saturated heterocycles. The second-order valence-corrected chi connectivity index (χ2v) is 4.05. The van der Waals surface area contributed by atoms with Gasteiger partial charge in [-0.05, 0) is 19.8 Å². The molecule has 0 aliphatic carbocycles. The number of aryl methyl sites for hydroxylation is 1. The zero-order valence-corrected chi connectivity index (χ0v) is 8.74. The van der Waals surface area contributed by atoms with E-state index in [9.17, 15) is 0 Å². The third kappa shape index (κ3) is 2.48. The molecule has 12 heavy (non-hydrogen) atoms. The van der Waals surface area contributed by atoms with Crippen LogP contribution in [0.15, 0.2) is 6.20 Å². The van der Waals surface area contributed by atoms with Gasteiger partial charge in [-0.25, -0.2) is 4.98 Å². The Morgan fingerprint density at radius 3 is 2.83 bits per heavy atom. The van der Waals surface area contributed by atoms with E-state index in [1.54, 1.807) is 11.3 Å². The van der Waals surface area contributed by atoms with Gasteiger partial charge in [0.1, 0.15) is 0 Å². The number of thiazole rings is 1. The van der Waals surface area contributed by atoms with Crippen molar-refractivity contribution < 1.29 is 0 Å². The number of rotatable bonds is 4. The van der Waals surface area contributed by atoms with Crippen molar-refractivity contribution in [1.82, 2.24) is 4.98 Å². The van der Waals surface area contributed by atoms with Crippen LogP contribution in [0.2, 0.25) is 0 Å². The Morgan fingerprint density at radius 1 is 1.58 bits per heavy atom. The quantitative estimate of drug-likeness (QED) is 0.778. The Morgan fingerprint density at radius 2 is 2.33 bits per heavy atom. The van der Waals surface area contributed by atoms with Crippen molar-refractivity contribution >= 4 is 16.5 Å². The number of hydrogen-bond donors (Lipinski definition) is 1. The van der Waals surface area contributed by atoms with E-state index in [-0.39, 0.29) is 0 Å². The van der Waals surface area contributed by atoms with Crippen LogP contribution in [0.1, 0.15) is 32.1 Å². The van der Waals surface area contributed by atoms with Gasteiger partial charge in [0, 0.05) is 17.1 Å². The van der Waals surface area contributed by atoms with Crippen LogP contribution in [0.5, 0.6) is 0 Å². The molecule has 1 N–H and O–H groups in total. The van der Waals surface area contributed by atoms with E-state index in [2.05, 4.69) is 31.1 Å². The van der Waals surface area contributed by atoms with Crippen molar-refractivity contribution in [2.75, 3.05) is 5.32 Å². The van der Waals surface area contributed by atoms with Crippen LogP contribution in [0, 0.1) is 0 Å². The molecular formula is C9H16N2S. The van der Waals surface area contributed by atoms with E-state index in [1.807, 2.05) is 6.20 Å². The lowest BCUT2D eigenvalue weighted by Crippen LogP contribution is -2.12. The average molecular weight is 184 g/mol. The van der Waals surface area contributed by atoms with Crippen LogP contribution in [0.3, 0.4) is 0 Å². The Hall–Kier alpha value is -0.570. The molecule has 1 rings (SSSR count). The van der Waals surface area contributed by atoms with Gasteiger partial charge in [0.2, 0.25) is 0 Å². The Labute approximate surface area is 78.0 Å². The van der Waals surface area contributed by atoms with Gasteiger partial charge in [0.25, 0.3) is 0 Å². The van der Waals surface area contributed by atoms with Crippen molar-refractivity contribution in [2.24, 2.45) is 0 Å². The summed E-state index contributed by atoms with van der Waals surface area (Å²) in [7, 11) is 0. The molecule has 0 saturated carbocycles. The summed E-state index contributed by atoms with van der Waals surface area (Å²) >= 11 is 1.75. The topological polar surface area (TPSA) is 24.9 Å². The first kappa shape index (κ1) is 9.52. The average Bonchev–Trinajstić information content (AvgIpc) is 2.52. The van der Waals surface area contributed by atoms with Gasteiger partial charge in [-0.2, -0.15) is 0 Å². The molecule has 2 nitrogen and oxygen atoms in total. The highest BCUT2D eigenvalue weighted by Gasteiger charge is 2.02. The van der Waals surface area contributed by atoms with Gasteiger partial charge in [-0.3, -0.25) is 0 Å². The number of nitrogens with one attached hydrogen (secondary N) is 1. The van der Waals surface area contributed by atoms with Gasteiger partial charge in [0.15, 0.2) is 5.13 Å². The zero-order valence-electron chi connectivity index (χ0n) is 7.92. The molecule has 0 radical (unpaired) electrons. The van der Waals surface area contributed by atoms with Gasteiger partial charge < -0.3 is 5.32 Å². The van der Waals surface area contributed by atoms with E-state index in [0.29, 0.717) is 6.04 Å². The molecule has 68 valence electrons. The highest BCUT2D eigenvalue weighted by molar-refractivity contribution is 7.15. The lowest BCUT2D eigenvalue weighted by atomic mass is 10.3. The summed E-state index contributed by atoms with van der Waals surface area (Å²) in [5, 5.41) is 4.41. The van der Waals surface area contributed by atoms with Gasteiger partial charge in [-0.1, -0.05) is 13.8 Å². The number of hydrogen-bond acceptors (Lipinski definition) is 3. The summed E-state index contributed by atoms with van der Waals surface area (Å²) in [5.74, 6) is 0. The standard InChI is InChI=1S/C9H16N2S/c1-4-7(3)11-9-10-6-8(5-2)12-9/h6-7H,4-5H2,1-3H3,(H,10,11)/t7-/m1/s1. The highest BCUT2D eigenvalue weighted by Crippen LogP contribution is 2.19. The van der Waals surface area contributed by atoms with Crippen molar-refractivity contribution in [1.29, 1.82) is 0 Å². The molecule has 0 aromatic carbocycles. The van der Waals surface area contributed by atoms with E-state index in [0.717, 1.165) is 18.0 Å². The van der Waals surface area contributed by atoms with Crippen LogP contribution in [0.25, 0.3) is 0 Å². The first-order valence-corrected chi connectivity index (χ1v) is 5.29. The molecule has 0 spiro atoms. The molecule has 1 aromatic heterocycles. The predicted molar refractivity (Wildman–Crippen MR) is 54.9 cm³/mol. The van der Waals surface area contributed by atoms with Crippen molar-refractivity contribution in [3.63, 3.8) is 0 Å². The minimum Gasteiger partial charge on any atom is -0.359 e. The maximum Gasteiger partial charge on any atom is 0.183 e. The summed E-state index contributed by atoms with van der Waals surface area (Å²) in [6, 6.07) is 0.529. The second kappa shape index (κ2) is 4.45. The SMILES string of the molecule is CCc1cnc(N[C@H](C)CC)s1. The van der Waals surface area contributed by atoms with Crippen LogP contribution in [0.4, 0.5) is 5.13 Å². The van der Waals surface area contributed by atoms with E-state index < -0.39 is 0 Å². The molecular weight excluding hydrogens is 168 g/mol. The third-order valence-corrected chi connectivity index (χ3v) is 2.96. The van der Waals surface area contributed by atoms with Gasteiger partial charge in [0.05, 0.1) is 0 Å². The van der Waals surface area contributed by atoms with Crippen molar-refractivity contribution in [2.45, 2.75) is 39.7 Å². The Kier molecular flexibility index (Phi) is 3.53. The predicted octanol–water partition coefficient (Wildman–Crippen LogP) is 2.92. The molecule has 0 aliphatic rings. The summed E-state index contributed by atoms with van der Waals surface area (Å²) in [4.78, 5) is 5.63. The fourth-order valence-corrected chi connectivity index (χ4v) is 1.71. The third-order valence-electron chi connectivity index (χ3n) is 1.88. The molecule has 0 amide bonds. The van der Waals surface area contributed by atoms with Crippen molar-refractivity contribution in [3.8, 4) is 0 Å². The Balaban J connectivity index is 2.52. The van der Waals surface area contributed by atoms with Gasteiger partial charge in [-0.15, -0.1) is 11.3 Å². The normalized spacial score (nSPS) is 12.9. The maximum absolute atomic E-state index is 4.28. The maximum atomic E-state index is 4.28. The molecule has 3 heteroatoms. The first-order chi connectivity index (χ1) is 5.76. The first-order valence-electron chi connectivity index (χ1n) is 4.47. The highest BCUT2D eigenvalue weighted by atomic mass is 32.1. The summed E-state index contributed by atoms with van der Waals surface area (Å²) in [6.07, 6.45) is 4.18. The van der Waals surface area contributed by atoms with E-state index in [1.165, 1.54) is 4.88 Å². The number of aromatic nitrogens is 1. The van der Waals surface area contributed by atoms with E-state index >= 15 is 0 Å². The van der Waals surface area contributed by atoms with Crippen LogP contribution in [-0.2, 0) is 6.42 Å². The zero-order chi connectivity index (χ0) is 8.97. The van der Waals surface area contributed by atoms with Crippen LogP contribution < -0.4 is 5.32 Å². The van der Waals surface area contributed by atoms with Gasteiger partial charge >= 0.3 is 0 Å². The summed E-state index contributed by atoms with van der Waals surface area (Å²) in [5.41, 5.74) is 0. The number of anilines is 1. The lowest BCUT2D eigenvalue weighted by molar-refractivity contribution is 0.763. The minimum atomic E-state index is 0.529. The summed E-state index contributed by atoms with van der Waals surface area (Å²) in [6.45, 7) is 6.50. The van der Waals surface area contributed by atoms with Crippen molar-refractivity contribution in [3.05, 3.63) is 11.1 Å². The molecule has 1 heterocycles. The molecule has 1 aromatic rings. The van der Waals surface area contributed by atoms with E-state index in [4.69, 9.17) is 0 Å². The lowest BCUT2D eigenvalue weighted by Gasteiger charge is -2.08. The molecule has 0 aliphatic heterocycles. The fraction of sp³-hybridized carbons (Fsp3) is 0.667. The Bertz CT molecular complexity index is 232. The summed E-state index contributed by atoms with van der Waals surface area (Å²) < 4.78 is 0. The molecule has 0 unspecified atom stereocenters. The second-order valence-electron chi connectivity index (χ2n) is 2.94. The largest absolute Gasteiger partial charge is 0.359 e. The van der Waals surface area contributed by atoms with Crippen LogP contribution in [-0.4, -0.2) is 11.0 Å². The minimum absolute atomic E-state index is 0.529.